The summed E-state index contributed by atoms with van der Waals surface area (Å²) >= 11 is 0. The second kappa shape index (κ2) is 5.51. The number of halogens is 3. The maximum atomic E-state index is 12.5. The predicted molar refractivity (Wildman–Crippen MR) is 66.6 cm³/mol. The van der Waals surface area contributed by atoms with Crippen molar-refractivity contribution in [1.29, 1.82) is 0 Å². The molecule has 1 aliphatic rings. The third-order valence-electron chi connectivity index (χ3n) is 3.84. The molecule has 0 bridgehead atoms. The van der Waals surface area contributed by atoms with Crippen LogP contribution in [0.1, 0.15) is 30.5 Å². The molecule has 0 amide bonds. The van der Waals surface area contributed by atoms with Crippen LogP contribution in [0.25, 0.3) is 0 Å². The lowest BCUT2D eigenvalue weighted by atomic mass is 10.0. The number of alkyl halides is 3. The van der Waals surface area contributed by atoms with Crippen LogP contribution in [-0.2, 0) is 6.18 Å². The highest BCUT2D eigenvalue weighted by Crippen LogP contribution is 2.32. The Labute approximate surface area is 110 Å². The molecule has 1 saturated heterocycles. The van der Waals surface area contributed by atoms with Gasteiger partial charge in [0.2, 0.25) is 0 Å². The maximum Gasteiger partial charge on any atom is 0.416 e. The minimum atomic E-state index is -4.28. The fraction of sp³-hybridized carbons (Fsp3) is 0.571. The zero-order valence-corrected chi connectivity index (χ0v) is 10.8. The van der Waals surface area contributed by atoms with Gasteiger partial charge in [-0.2, -0.15) is 13.2 Å². The van der Waals surface area contributed by atoms with Crippen LogP contribution in [0.2, 0.25) is 0 Å². The number of aliphatic hydroxyl groups excluding tert-OH is 1. The summed E-state index contributed by atoms with van der Waals surface area (Å²) in [6.45, 7) is 3.85. The van der Waals surface area contributed by atoms with Crippen molar-refractivity contribution in [1.82, 2.24) is 4.90 Å². The molecule has 0 aliphatic carbocycles. The molecule has 2 nitrogen and oxygen atoms in total. The molecule has 1 N–H and O–H groups in total. The van der Waals surface area contributed by atoms with E-state index < -0.39 is 11.7 Å². The highest BCUT2D eigenvalue weighted by molar-refractivity contribution is 5.26. The lowest BCUT2D eigenvalue weighted by Gasteiger charge is -2.25. The van der Waals surface area contributed by atoms with Crippen LogP contribution in [-0.4, -0.2) is 29.7 Å². The first-order chi connectivity index (χ1) is 8.91. The highest BCUT2D eigenvalue weighted by atomic mass is 19.4. The van der Waals surface area contributed by atoms with Crippen LogP contribution >= 0.6 is 0 Å². The van der Waals surface area contributed by atoms with Crippen molar-refractivity contribution in [3.63, 3.8) is 0 Å². The molecule has 0 saturated carbocycles. The molecule has 1 aromatic rings. The van der Waals surface area contributed by atoms with E-state index >= 15 is 0 Å². The Balaban J connectivity index is 2.06. The van der Waals surface area contributed by atoms with Crippen molar-refractivity contribution in [3.05, 3.63) is 35.4 Å². The van der Waals surface area contributed by atoms with Crippen molar-refractivity contribution in [3.8, 4) is 0 Å². The number of nitrogens with zero attached hydrogens (tertiary/aromatic N) is 1. The summed E-state index contributed by atoms with van der Waals surface area (Å²) in [5.74, 6) is 0.289. The molecular formula is C14H18F3NO. The topological polar surface area (TPSA) is 23.5 Å². The average Bonchev–Trinajstić information content (AvgIpc) is 2.86. The molecule has 1 heterocycles. The van der Waals surface area contributed by atoms with Gasteiger partial charge in [-0.25, -0.2) is 0 Å². The Bertz CT molecular complexity index is 416. The number of rotatable bonds is 3. The number of hydrogen-bond donors (Lipinski definition) is 1. The Morgan fingerprint density at radius 3 is 2.42 bits per heavy atom. The van der Waals surface area contributed by atoms with Crippen molar-refractivity contribution in [2.75, 3.05) is 19.7 Å². The first kappa shape index (κ1) is 14.3. The summed E-state index contributed by atoms with van der Waals surface area (Å²) in [6, 6.07) is 5.43. The van der Waals surface area contributed by atoms with Crippen LogP contribution in [0.3, 0.4) is 0 Å². The van der Waals surface area contributed by atoms with Crippen molar-refractivity contribution in [2.45, 2.75) is 25.6 Å². The van der Waals surface area contributed by atoms with Gasteiger partial charge in [0.05, 0.1) is 5.56 Å². The van der Waals surface area contributed by atoms with E-state index in [-0.39, 0.29) is 18.6 Å². The number of benzene rings is 1. The molecular weight excluding hydrogens is 255 g/mol. The van der Waals surface area contributed by atoms with Gasteiger partial charge in [0.15, 0.2) is 0 Å². The number of aliphatic hydroxyl groups is 1. The average molecular weight is 273 g/mol. The molecule has 2 atom stereocenters. The Hall–Kier alpha value is -1.07. The van der Waals surface area contributed by atoms with Crippen molar-refractivity contribution < 1.29 is 18.3 Å². The Morgan fingerprint density at radius 2 is 1.95 bits per heavy atom. The minimum absolute atomic E-state index is 0.0823. The summed E-state index contributed by atoms with van der Waals surface area (Å²) in [4.78, 5) is 2.20. The van der Waals surface area contributed by atoms with Crippen molar-refractivity contribution in [2.24, 2.45) is 5.92 Å². The van der Waals surface area contributed by atoms with Gasteiger partial charge in [-0.1, -0.05) is 12.1 Å². The molecule has 0 radical (unpaired) electrons. The van der Waals surface area contributed by atoms with Gasteiger partial charge in [-0.05, 0) is 43.5 Å². The quantitative estimate of drug-likeness (QED) is 0.915. The van der Waals surface area contributed by atoms with Crippen LogP contribution in [0.4, 0.5) is 13.2 Å². The van der Waals surface area contributed by atoms with Gasteiger partial charge in [0.25, 0.3) is 0 Å². The van der Waals surface area contributed by atoms with E-state index in [0.29, 0.717) is 0 Å². The molecule has 106 valence electrons. The molecule has 2 rings (SSSR count). The summed E-state index contributed by atoms with van der Waals surface area (Å²) in [5.41, 5.74) is 0.268. The summed E-state index contributed by atoms with van der Waals surface area (Å²) in [5, 5.41) is 9.11. The van der Waals surface area contributed by atoms with E-state index in [1.807, 2.05) is 6.92 Å². The summed E-state index contributed by atoms with van der Waals surface area (Å²) in [7, 11) is 0. The lowest BCUT2D eigenvalue weighted by molar-refractivity contribution is -0.137. The second-order valence-electron chi connectivity index (χ2n) is 5.13. The molecule has 19 heavy (non-hydrogen) atoms. The predicted octanol–water partition coefficient (Wildman–Crippen LogP) is 3.08. The molecule has 1 aromatic carbocycles. The first-order valence-corrected chi connectivity index (χ1v) is 6.44. The highest BCUT2D eigenvalue weighted by Gasteiger charge is 2.31. The SMILES string of the molecule is CC(c1ccc(C(F)(F)F)cc1)N1CCC(CO)C1. The van der Waals surface area contributed by atoms with E-state index in [2.05, 4.69) is 4.90 Å². The fourth-order valence-corrected chi connectivity index (χ4v) is 2.52. The largest absolute Gasteiger partial charge is 0.416 e. The second-order valence-corrected chi connectivity index (χ2v) is 5.13. The van der Waals surface area contributed by atoms with Gasteiger partial charge in [0.1, 0.15) is 0 Å². The van der Waals surface area contributed by atoms with E-state index in [1.54, 1.807) is 12.1 Å². The molecule has 1 fully saturated rings. The van der Waals surface area contributed by atoms with Gasteiger partial charge >= 0.3 is 6.18 Å². The minimum Gasteiger partial charge on any atom is -0.396 e. The van der Waals surface area contributed by atoms with Crippen molar-refractivity contribution >= 4 is 0 Å². The monoisotopic (exact) mass is 273 g/mol. The standard InChI is InChI=1S/C14H18F3NO/c1-10(18-7-6-11(8-18)9-19)12-2-4-13(5-3-12)14(15,16)17/h2-5,10-11,19H,6-9H2,1H3. The van der Waals surface area contributed by atoms with E-state index in [1.165, 1.54) is 0 Å². The Morgan fingerprint density at radius 1 is 1.32 bits per heavy atom. The zero-order valence-electron chi connectivity index (χ0n) is 10.8. The first-order valence-electron chi connectivity index (χ1n) is 6.44. The van der Waals surface area contributed by atoms with Gasteiger partial charge < -0.3 is 5.11 Å². The van der Waals surface area contributed by atoms with E-state index in [9.17, 15) is 13.2 Å². The molecule has 2 unspecified atom stereocenters. The summed E-state index contributed by atoms with van der Waals surface area (Å²) < 4.78 is 37.4. The van der Waals surface area contributed by atoms with E-state index in [4.69, 9.17) is 5.11 Å². The smallest absolute Gasteiger partial charge is 0.396 e. The van der Waals surface area contributed by atoms with Crippen LogP contribution < -0.4 is 0 Å². The van der Waals surface area contributed by atoms with E-state index in [0.717, 1.165) is 37.2 Å². The lowest BCUT2D eigenvalue weighted by Crippen LogP contribution is -2.25. The molecule has 0 spiro atoms. The van der Waals surface area contributed by atoms with Crippen LogP contribution in [0.15, 0.2) is 24.3 Å². The molecule has 5 heteroatoms. The van der Waals surface area contributed by atoms with Crippen LogP contribution in [0.5, 0.6) is 0 Å². The number of hydrogen-bond acceptors (Lipinski definition) is 2. The molecule has 1 aliphatic heterocycles. The third kappa shape index (κ3) is 3.28. The van der Waals surface area contributed by atoms with Gasteiger partial charge in [-0.15, -0.1) is 0 Å². The zero-order chi connectivity index (χ0) is 14.0. The summed E-state index contributed by atoms with van der Waals surface area (Å²) in [6.07, 6.45) is -3.33. The Kier molecular flexibility index (Phi) is 4.16. The van der Waals surface area contributed by atoms with Gasteiger partial charge in [0, 0.05) is 19.2 Å². The number of likely N-dealkylation sites (tertiary alicyclic amines) is 1. The fourth-order valence-electron chi connectivity index (χ4n) is 2.52. The third-order valence-corrected chi connectivity index (χ3v) is 3.84. The maximum absolute atomic E-state index is 12.5. The van der Waals surface area contributed by atoms with Crippen LogP contribution in [0, 0.1) is 5.92 Å². The van der Waals surface area contributed by atoms with Gasteiger partial charge in [-0.3, -0.25) is 4.90 Å². The normalized spacial score (nSPS) is 22.7. The molecule has 0 aromatic heterocycles.